The lowest BCUT2D eigenvalue weighted by atomic mass is 9.98. The van der Waals surface area contributed by atoms with E-state index in [1.165, 1.54) is 44.9 Å². The average Bonchev–Trinajstić information content (AvgIpc) is 3.27. The molecule has 6 N–H and O–H groups in total. The van der Waals surface area contributed by atoms with Crippen molar-refractivity contribution in [3.8, 4) is 142 Å². The van der Waals surface area contributed by atoms with Gasteiger partial charge in [0.2, 0.25) is 0 Å². The Labute approximate surface area is 366 Å². The summed E-state index contributed by atoms with van der Waals surface area (Å²) in [4.78, 5) is 17.1. The van der Waals surface area contributed by atoms with Crippen LogP contribution in [0.1, 0.15) is 97.3 Å². The molecule has 1 aliphatic rings. The van der Waals surface area contributed by atoms with Gasteiger partial charge in [0.05, 0.1) is 25.4 Å². The van der Waals surface area contributed by atoms with Crippen LogP contribution in [-0.2, 0) is 24.2 Å². The first-order chi connectivity index (χ1) is 30.3. The zero-order valence-corrected chi connectivity index (χ0v) is 34.9. The Morgan fingerprint density at radius 1 is 0.645 bits per heavy atom. The molecule has 1 saturated heterocycles. The summed E-state index contributed by atoms with van der Waals surface area (Å²) in [5.74, 6) is 58.2. The summed E-state index contributed by atoms with van der Waals surface area (Å²) in [6, 6.07) is -1.28. The van der Waals surface area contributed by atoms with Gasteiger partial charge in [-0.05, 0) is 108 Å². The van der Waals surface area contributed by atoms with Gasteiger partial charge in [0.25, 0.3) is 5.91 Å². The van der Waals surface area contributed by atoms with Crippen molar-refractivity contribution in [2.24, 2.45) is 0 Å². The molecule has 0 aromatic rings. The molecule has 8 atom stereocenters. The predicted molar refractivity (Wildman–Crippen MR) is 228 cm³/mol. The molecule has 62 heavy (non-hydrogen) atoms. The van der Waals surface area contributed by atoms with Crippen molar-refractivity contribution in [2.75, 3.05) is 13.2 Å². The van der Waals surface area contributed by atoms with Gasteiger partial charge in [0.1, 0.15) is 24.4 Å². The van der Waals surface area contributed by atoms with Gasteiger partial charge in [0, 0.05) is 41.4 Å². The highest BCUT2D eigenvalue weighted by atomic mass is 17.5. The second-order valence-corrected chi connectivity index (χ2v) is 13.1. The summed E-state index contributed by atoms with van der Waals surface area (Å²) >= 11 is 0. The van der Waals surface area contributed by atoms with Crippen molar-refractivity contribution in [1.82, 2.24) is 5.32 Å². The number of carbonyl (C=O) groups excluding carboxylic acids is 1. The monoisotopic (exact) mass is 840 g/mol. The van der Waals surface area contributed by atoms with Crippen molar-refractivity contribution in [1.29, 1.82) is 0 Å². The van der Waals surface area contributed by atoms with E-state index >= 15 is 0 Å². The molecular formula is C50H50NO11-. The number of aliphatic hydroxyl groups excluding tert-OH is 5. The van der Waals surface area contributed by atoms with Crippen molar-refractivity contribution < 1.29 is 55.0 Å². The number of unbranched alkanes of at least 4 members (excludes halogenated alkanes) is 11. The van der Waals surface area contributed by atoms with Gasteiger partial charge in [-0.1, -0.05) is 89.9 Å². The summed E-state index contributed by atoms with van der Waals surface area (Å²) in [6.07, 6.45) is 2.87. The number of aliphatic hydroxyl groups is 5. The molecular weight excluding hydrogens is 791 g/mol. The summed E-state index contributed by atoms with van der Waals surface area (Å²) in [5, 5.41) is 68.8. The standard InChI is InChI=1S/C50H51NO11/c1-3-5-7-9-11-13-15-17-18-19-20-21-22-23-24-25-26-27-29-31-33-35-37-39-45(54)51-42(41-59-50-48(57)49(61-62-58)47(56)44(40-52)60-50)46(55)43(53)38-36-34-32-30-28-16-14-12-10-8-6-4-2/h42-44,46-50,52-53,55-58H,4,6,8,10,12,14,16,28,30,32,34,36,38,40-41H2,1-2H3,(H,51,54)/p-1/t42?,43-,44?,46+,47?,48?,49?,50?/m1/s1. The number of hydrogen-bond acceptors (Lipinski definition) is 11. The van der Waals surface area contributed by atoms with E-state index in [2.05, 4.69) is 164 Å². The first kappa shape index (κ1) is 53.8. The predicted octanol–water partition coefficient (Wildman–Crippen LogP) is 0.393. The van der Waals surface area contributed by atoms with E-state index in [0.717, 1.165) is 25.7 Å². The molecule has 0 radical (unpaired) electrons. The minimum absolute atomic E-state index is 0.229. The summed E-state index contributed by atoms with van der Waals surface area (Å²) in [7, 11) is 0. The number of hydrogen-bond donors (Lipinski definition) is 6. The first-order valence-electron chi connectivity index (χ1n) is 20.1. The van der Waals surface area contributed by atoms with E-state index in [9.17, 15) is 35.6 Å². The fraction of sp³-hybridized carbons (Fsp3) is 0.500. The van der Waals surface area contributed by atoms with E-state index in [1.54, 1.807) is 6.92 Å². The molecule has 6 unspecified atom stereocenters. The molecule has 0 aromatic carbocycles. The van der Waals surface area contributed by atoms with E-state index in [-0.39, 0.29) is 6.42 Å². The Morgan fingerprint density at radius 3 is 1.48 bits per heavy atom. The van der Waals surface area contributed by atoms with Crippen LogP contribution in [0.15, 0.2) is 0 Å². The molecule has 1 heterocycles. The van der Waals surface area contributed by atoms with E-state index < -0.39 is 68.1 Å². The van der Waals surface area contributed by atoms with Gasteiger partial charge in [0.15, 0.2) is 12.4 Å². The Kier molecular flexibility index (Phi) is 32.8. The van der Waals surface area contributed by atoms with Gasteiger partial charge in [-0.2, -0.15) is 0 Å². The molecule has 0 aliphatic carbocycles. The van der Waals surface area contributed by atoms with E-state index in [1.807, 2.05) is 0 Å². The highest BCUT2D eigenvalue weighted by Gasteiger charge is 2.46. The van der Waals surface area contributed by atoms with Crippen molar-refractivity contribution in [3.05, 3.63) is 0 Å². The Hall–Kier alpha value is -6.21. The topological polar surface area (TPSA) is 190 Å². The third kappa shape index (κ3) is 26.8. The van der Waals surface area contributed by atoms with Crippen LogP contribution < -0.4 is 10.6 Å². The minimum Gasteiger partial charge on any atom is -0.692 e. The highest BCUT2D eigenvalue weighted by Crippen LogP contribution is 2.25. The number of carbonyl (C=O) groups is 1. The quantitative estimate of drug-likeness (QED) is 0.0383. The lowest BCUT2D eigenvalue weighted by Crippen LogP contribution is -2.61. The zero-order chi connectivity index (χ0) is 45.3. The van der Waals surface area contributed by atoms with Gasteiger partial charge in [-0.25, -0.2) is 4.89 Å². The van der Waals surface area contributed by atoms with Crippen molar-refractivity contribution in [2.45, 2.75) is 146 Å². The largest absolute Gasteiger partial charge is 0.692 e. The van der Waals surface area contributed by atoms with Crippen LogP contribution in [0, 0.1) is 142 Å². The molecule has 0 aromatic heterocycles. The maximum atomic E-state index is 12.7. The van der Waals surface area contributed by atoms with Gasteiger partial charge >= 0.3 is 0 Å². The SMILES string of the molecule is CC#CC#CC#CC#CC#CC#CC#CC#CC#CC#CC#CC#CC(=O)NC(COC1OC(CO)C(O)C(OO[O-])C1O)[C@H](O)[C@H](O)CCCCCCCCCCCCCC. The zero-order valence-electron chi connectivity index (χ0n) is 34.9. The van der Waals surface area contributed by atoms with Gasteiger partial charge in [-0.3, -0.25) is 9.83 Å². The number of ether oxygens (including phenoxy) is 2. The maximum Gasteiger partial charge on any atom is 0.297 e. The van der Waals surface area contributed by atoms with E-state index in [4.69, 9.17) is 9.47 Å². The van der Waals surface area contributed by atoms with Crippen LogP contribution in [0.25, 0.3) is 0 Å². The number of rotatable bonds is 22. The van der Waals surface area contributed by atoms with Gasteiger partial charge in [-0.15, -0.1) is 0 Å². The third-order valence-electron chi connectivity index (χ3n) is 8.50. The second-order valence-electron chi connectivity index (χ2n) is 13.1. The van der Waals surface area contributed by atoms with Crippen LogP contribution in [0.3, 0.4) is 0 Å². The van der Waals surface area contributed by atoms with Gasteiger partial charge < -0.3 is 45.6 Å². The molecule has 1 amide bonds. The number of nitrogens with one attached hydrogen (secondary N) is 1. The summed E-state index contributed by atoms with van der Waals surface area (Å²) < 4.78 is 11.0. The average molecular weight is 841 g/mol. The fourth-order valence-electron chi connectivity index (χ4n) is 5.39. The van der Waals surface area contributed by atoms with Crippen LogP contribution in [0.2, 0.25) is 0 Å². The summed E-state index contributed by atoms with van der Waals surface area (Å²) in [6.45, 7) is 2.60. The lowest BCUT2D eigenvalue weighted by Gasteiger charge is -2.41. The van der Waals surface area contributed by atoms with E-state index in [0.29, 0.717) is 6.42 Å². The van der Waals surface area contributed by atoms with Crippen LogP contribution >= 0.6 is 0 Å². The molecule has 0 bridgehead atoms. The molecule has 1 fully saturated rings. The molecule has 1 rings (SSSR count). The highest BCUT2D eigenvalue weighted by molar-refractivity contribution is 5.94. The lowest BCUT2D eigenvalue weighted by molar-refractivity contribution is -0.808. The van der Waals surface area contributed by atoms with Crippen molar-refractivity contribution in [3.63, 3.8) is 0 Å². The number of amides is 1. The molecule has 1 aliphatic heterocycles. The van der Waals surface area contributed by atoms with Crippen LogP contribution in [0.5, 0.6) is 0 Å². The second kappa shape index (κ2) is 37.8. The first-order valence-corrected chi connectivity index (χ1v) is 20.1. The van der Waals surface area contributed by atoms with Crippen molar-refractivity contribution >= 4 is 5.91 Å². The molecule has 12 heteroatoms. The maximum absolute atomic E-state index is 12.7. The fourth-order valence-corrected chi connectivity index (χ4v) is 5.39. The Balaban J connectivity index is 2.80. The summed E-state index contributed by atoms with van der Waals surface area (Å²) in [5.41, 5.74) is 0. The van der Waals surface area contributed by atoms with Crippen LogP contribution in [0.4, 0.5) is 0 Å². The molecule has 0 spiro atoms. The molecule has 322 valence electrons. The smallest absolute Gasteiger partial charge is 0.297 e. The minimum atomic E-state index is -1.79. The third-order valence-corrected chi connectivity index (χ3v) is 8.50. The molecule has 12 nitrogen and oxygen atoms in total. The van der Waals surface area contributed by atoms with Crippen LogP contribution in [-0.4, -0.2) is 93.6 Å². The molecule has 0 saturated carbocycles. The Morgan fingerprint density at radius 2 is 1.06 bits per heavy atom. The normalized spacial score (nSPS) is 17.6. The Bertz CT molecular complexity index is 2180.